The minimum atomic E-state index is 0.00113. The van der Waals surface area contributed by atoms with Gasteiger partial charge in [0, 0.05) is 29.7 Å². The molecule has 98 valence electrons. The van der Waals surface area contributed by atoms with Crippen molar-refractivity contribution in [1.29, 1.82) is 0 Å². The van der Waals surface area contributed by atoms with E-state index in [1.54, 1.807) is 33.8 Å². The molecular formula is C14H14ClN3O. The van der Waals surface area contributed by atoms with Crippen LogP contribution in [0, 0.1) is 0 Å². The third-order valence-electron chi connectivity index (χ3n) is 3.40. The standard InChI is InChI=1S/C14H14ClN3O/c1-17-13-11(9-16-17)3-2-8-18(13)14(19)10-4-6-12(15)7-5-10/h4-7,9H,2-3,8H2,1H3. The molecule has 0 saturated heterocycles. The monoisotopic (exact) mass is 275 g/mol. The van der Waals surface area contributed by atoms with E-state index in [4.69, 9.17) is 11.6 Å². The number of carbonyl (C=O) groups excluding carboxylic acids is 1. The normalized spacial score (nSPS) is 14.3. The summed E-state index contributed by atoms with van der Waals surface area (Å²) in [6.07, 6.45) is 3.79. The van der Waals surface area contributed by atoms with Gasteiger partial charge in [-0.25, -0.2) is 0 Å². The molecule has 0 unspecified atom stereocenters. The molecule has 3 rings (SSSR count). The average Bonchev–Trinajstić information content (AvgIpc) is 2.81. The van der Waals surface area contributed by atoms with E-state index in [1.807, 2.05) is 13.2 Å². The van der Waals surface area contributed by atoms with Crippen molar-refractivity contribution < 1.29 is 4.79 Å². The van der Waals surface area contributed by atoms with Gasteiger partial charge in [-0.3, -0.25) is 14.4 Å². The molecule has 1 aliphatic heterocycles. The Kier molecular flexibility index (Phi) is 3.03. The van der Waals surface area contributed by atoms with Gasteiger partial charge in [0.25, 0.3) is 5.91 Å². The van der Waals surface area contributed by atoms with E-state index in [2.05, 4.69) is 5.10 Å². The maximum atomic E-state index is 12.6. The highest BCUT2D eigenvalue weighted by Gasteiger charge is 2.26. The SMILES string of the molecule is Cn1ncc2c1N(C(=O)c1ccc(Cl)cc1)CCC2. The number of nitrogens with zero attached hydrogens (tertiary/aromatic N) is 3. The maximum absolute atomic E-state index is 12.6. The number of aryl methyl sites for hydroxylation is 2. The van der Waals surface area contributed by atoms with Crippen LogP contribution >= 0.6 is 11.6 Å². The van der Waals surface area contributed by atoms with Gasteiger partial charge in [-0.05, 0) is 37.1 Å². The molecule has 2 aromatic rings. The summed E-state index contributed by atoms with van der Waals surface area (Å²) in [6.45, 7) is 0.730. The Morgan fingerprint density at radius 3 is 2.79 bits per heavy atom. The van der Waals surface area contributed by atoms with Gasteiger partial charge in [0.1, 0.15) is 5.82 Å². The molecule has 1 aromatic carbocycles. The fraction of sp³-hybridized carbons (Fsp3) is 0.286. The van der Waals surface area contributed by atoms with E-state index in [-0.39, 0.29) is 5.91 Å². The molecule has 2 heterocycles. The Morgan fingerprint density at radius 1 is 1.32 bits per heavy atom. The first-order valence-corrected chi connectivity index (χ1v) is 6.63. The third kappa shape index (κ3) is 2.12. The first-order chi connectivity index (χ1) is 9.16. The molecule has 0 atom stereocenters. The Labute approximate surface area is 116 Å². The molecule has 0 aliphatic carbocycles. The molecule has 1 amide bonds. The van der Waals surface area contributed by atoms with Crippen molar-refractivity contribution in [2.75, 3.05) is 11.4 Å². The van der Waals surface area contributed by atoms with Crippen molar-refractivity contribution in [3.63, 3.8) is 0 Å². The highest BCUT2D eigenvalue weighted by Crippen LogP contribution is 2.27. The molecule has 0 fully saturated rings. The number of fused-ring (bicyclic) bond motifs is 1. The Hall–Kier alpha value is -1.81. The minimum absolute atomic E-state index is 0.00113. The second kappa shape index (κ2) is 4.70. The third-order valence-corrected chi connectivity index (χ3v) is 3.65. The van der Waals surface area contributed by atoms with Gasteiger partial charge in [0.15, 0.2) is 0 Å². The number of halogens is 1. The number of anilines is 1. The van der Waals surface area contributed by atoms with Crippen molar-refractivity contribution in [3.8, 4) is 0 Å². The van der Waals surface area contributed by atoms with E-state index in [9.17, 15) is 4.79 Å². The molecule has 5 heteroatoms. The first kappa shape index (κ1) is 12.2. The van der Waals surface area contributed by atoms with Gasteiger partial charge in [0.05, 0.1) is 6.20 Å². The lowest BCUT2D eigenvalue weighted by molar-refractivity contribution is 0.0983. The van der Waals surface area contributed by atoms with Gasteiger partial charge in [-0.15, -0.1) is 0 Å². The average molecular weight is 276 g/mol. The van der Waals surface area contributed by atoms with Crippen LogP contribution in [0.4, 0.5) is 5.82 Å². The lowest BCUT2D eigenvalue weighted by Crippen LogP contribution is -2.36. The second-order valence-electron chi connectivity index (χ2n) is 4.68. The van der Waals surface area contributed by atoms with Gasteiger partial charge < -0.3 is 0 Å². The molecule has 1 aliphatic rings. The highest BCUT2D eigenvalue weighted by molar-refractivity contribution is 6.30. The highest BCUT2D eigenvalue weighted by atomic mass is 35.5. The summed E-state index contributed by atoms with van der Waals surface area (Å²) in [7, 11) is 1.87. The number of aromatic nitrogens is 2. The number of benzene rings is 1. The lowest BCUT2D eigenvalue weighted by Gasteiger charge is -2.27. The molecule has 0 bridgehead atoms. The van der Waals surface area contributed by atoms with Crippen LogP contribution in [0.15, 0.2) is 30.5 Å². The van der Waals surface area contributed by atoms with E-state index < -0.39 is 0 Å². The summed E-state index contributed by atoms with van der Waals surface area (Å²) < 4.78 is 1.77. The van der Waals surface area contributed by atoms with Crippen LogP contribution < -0.4 is 4.90 Å². The molecular weight excluding hydrogens is 262 g/mol. The van der Waals surface area contributed by atoms with Crippen molar-refractivity contribution in [2.24, 2.45) is 7.05 Å². The van der Waals surface area contributed by atoms with Crippen LogP contribution in [0.25, 0.3) is 0 Å². The first-order valence-electron chi connectivity index (χ1n) is 6.25. The fourth-order valence-corrected chi connectivity index (χ4v) is 2.61. The van der Waals surface area contributed by atoms with E-state index >= 15 is 0 Å². The maximum Gasteiger partial charge on any atom is 0.259 e. The zero-order valence-electron chi connectivity index (χ0n) is 10.6. The van der Waals surface area contributed by atoms with Gasteiger partial charge in [0.2, 0.25) is 0 Å². The summed E-state index contributed by atoms with van der Waals surface area (Å²) in [6, 6.07) is 7.00. The lowest BCUT2D eigenvalue weighted by atomic mass is 10.1. The fourth-order valence-electron chi connectivity index (χ4n) is 2.48. The Morgan fingerprint density at radius 2 is 2.05 bits per heavy atom. The molecule has 4 nitrogen and oxygen atoms in total. The second-order valence-corrected chi connectivity index (χ2v) is 5.12. The Bertz CT molecular complexity index is 618. The van der Waals surface area contributed by atoms with Gasteiger partial charge >= 0.3 is 0 Å². The van der Waals surface area contributed by atoms with Gasteiger partial charge in [-0.1, -0.05) is 11.6 Å². The topological polar surface area (TPSA) is 38.1 Å². The number of carbonyl (C=O) groups is 1. The van der Waals surface area contributed by atoms with Crippen LogP contribution in [-0.4, -0.2) is 22.2 Å². The predicted molar refractivity (Wildman–Crippen MR) is 74.7 cm³/mol. The Balaban J connectivity index is 1.97. The summed E-state index contributed by atoms with van der Waals surface area (Å²) in [4.78, 5) is 14.4. The summed E-state index contributed by atoms with van der Waals surface area (Å²) in [5.41, 5.74) is 1.79. The molecule has 0 radical (unpaired) electrons. The zero-order chi connectivity index (χ0) is 13.4. The van der Waals surface area contributed by atoms with Crippen LogP contribution in [0.1, 0.15) is 22.3 Å². The van der Waals surface area contributed by atoms with Crippen LogP contribution in [0.2, 0.25) is 5.02 Å². The quantitative estimate of drug-likeness (QED) is 0.802. The van der Waals surface area contributed by atoms with Crippen molar-refractivity contribution in [2.45, 2.75) is 12.8 Å². The molecule has 1 aromatic heterocycles. The van der Waals surface area contributed by atoms with Crippen molar-refractivity contribution in [1.82, 2.24) is 9.78 Å². The molecule has 0 spiro atoms. The number of hydrogen-bond acceptors (Lipinski definition) is 2. The van der Waals surface area contributed by atoms with E-state index in [0.29, 0.717) is 10.6 Å². The summed E-state index contributed by atoms with van der Waals surface area (Å²) in [5.74, 6) is 0.910. The van der Waals surface area contributed by atoms with Crippen LogP contribution in [0.3, 0.4) is 0 Å². The van der Waals surface area contributed by atoms with Gasteiger partial charge in [-0.2, -0.15) is 5.10 Å². The molecule has 19 heavy (non-hydrogen) atoms. The van der Waals surface area contributed by atoms with Crippen molar-refractivity contribution >= 4 is 23.3 Å². The van der Waals surface area contributed by atoms with Crippen LogP contribution in [-0.2, 0) is 13.5 Å². The predicted octanol–water partition coefficient (Wildman–Crippen LogP) is 2.67. The zero-order valence-corrected chi connectivity index (χ0v) is 11.4. The minimum Gasteiger partial charge on any atom is -0.293 e. The largest absolute Gasteiger partial charge is 0.293 e. The smallest absolute Gasteiger partial charge is 0.259 e. The summed E-state index contributed by atoms with van der Waals surface area (Å²) in [5, 5.41) is 4.88. The molecule has 0 saturated carbocycles. The number of hydrogen-bond donors (Lipinski definition) is 0. The van der Waals surface area contributed by atoms with Crippen LogP contribution in [0.5, 0.6) is 0 Å². The van der Waals surface area contributed by atoms with E-state index in [1.165, 1.54) is 0 Å². The van der Waals surface area contributed by atoms with Crippen molar-refractivity contribution in [3.05, 3.63) is 46.6 Å². The van der Waals surface area contributed by atoms with E-state index in [0.717, 1.165) is 30.8 Å². The summed E-state index contributed by atoms with van der Waals surface area (Å²) >= 11 is 5.85. The number of rotatable bonds is 1. The molecule has 0 N–H and O–H groups in total. The number of amides is 1.